The van der Waals surface area contributed by atoms with Gasteiger partial charge in [0.1, 0.15) is 41.4 Å². The molecule has 7 aliphatic rings. The fourth-order valence-electron chi connectivity index (χ4n) is 17.9. The second kappa shape index (κ2) is 33.7. The molecule has 9 heterocycles. The van der Waals surface area contributed by atoms with Gasteiger partial charge in [-0.15, -0.1) is 30.6 Å². The molecule has 2 unspecified atom stereocenters. The van der Waals surface area contributed by atoms with Crippen LogP contribution in [-0.2, 0) is 69.2 Å². The van der Waals surface area contributed by atoms with Gasteiger partial charge in [-0.25, -0.2) is 4.79 Å². The van der Waals surface area contributed by atoms with Gasteiger partial charge in [-0.05, 0) is 195 Å². The quantitative estimate of drug-likeness (QED) is 0.0603. The Kier molecular flexibility index (Phi) is 23.9. The SMILES string of the molecule is CCOC(=O)N1CC2=CC(=O)CN=C2C(CC(=O)Cc2nnc3cc(CN)c(-c4ccc(Cl)cc4Cl)cn23)C1.CN1CCC(CC(=O)Cc2nnc3cc(CN)c(-c4ccc(Cl)cc4Cl)cn23)[C@@H](Cc2ccccc2)C1.NCc1cc2nnc(CC(=O)CC34CC5CC(CC(C5)C3)C4)n2cc1-c1ccc(Cl)cc1Cl. The lowest BCUT2D eigenvalue weighted by Crippen LogP contribution is -2.47. The normalized spacial score (nSPS) is 20.8. The second-order valence-corrected chi connectivity index (χ2v) is 32.7. The van der Waals surface area contributed by atoms with E-state index in [0.717, 1.165) is 93.8 Å². The highest BCUT2D eigenvalue weighted by molar-refractivity contribution is 6.37. The van der Waals surface area contributed by atoms with E-state index in [1.165, 1.54) is 55.1 Å². The largest absolute Gasteiger partial charge is 0.450 e. The number of dihydropyridines is 1. The maximum Gasteiger partial charge on any atom is 0.410 e. The minimum Gasteiger partial charge on any atom is -0.450 e. The highest BCUT2D eigenvalue weighted by atomic mass is 35.5. The van der Waals surface area contributed by atoms with E-state index in [1.807, 2.05) is 75.9 Å². The van der Waals surface area contributed by atoms with Crippen molar-refractivity contribution in [3.8, 4) is 33.4 Å². The van der Waals surface area contributed by atoms with Crippen molar-refractivity contribution in [2.75, 3.05) is 46.4 Å². The number of piperidine rings is 2. The van der Waals surface area contributed by atoms with Crippen LogP contribution in [0.1, 0.15) is 111 Å². The third kappa shape index (κ3) is 17.6. The third-order valence-electron chi connectivity index (χ3n) is 22.4. The number of carbonyl (C=O) groups excluding carboxylic acids is 5. The van der Waals surface area contributed by atoms with Gasteiger partial charge in [0.05, 0.1) is 32.4 Å². The van der Waals surface area contributed by atoms with Crippen molar-refractivity contribution >= 4 is 121 Å². The number of aliphatic imine (C=N–C) groups is 1. The number of pyridine rings is 3. The molecule has 27 heteroatoms. The molecular formula is C82H85Cl6N15O6. The van der Waals surface area contributed by atoms with Gasteiger partial charge in [-0.2, -0.15) is 0 Å². The first-order valence-corrected chi connectivity index (χ1v) is 39.4. The number of fused-ring (bicyclic) bond motifs is 4. The number of nitrogens with two attached hydrogens (primary N) is 3. The standard InChI is InChI=1S/C29H31Cl2N5O.C27H26Cl2N6O4.C26H28Cl2N4O/c1-35-10-9-20(22(17-35)11-19-5-3-2-4-6-19)12-24(37)15-29-34-33-28-13-21(16-32)26(18-36(28)29)25-8-7-23(30)14-27(25)31;1-2-39-27(38)34-12-16(26-17(13-34)6-20(37)11-31-26)5-19(36)9-25-33-32-24-7-15(10-30)22(14-35(24)25)21-4-3-18(28)8-23(21)29;27-19-1-2-21(23(28)7-19)22-14-32-24(6-18(22)13-29)30-31-25(32)8-20(33)12-26-9-15-3-16(10-26)5-17(4-15)11-26/h2-8,13-14,18,20,22H,9-12,15-17,32H2,1H3;3-4,6-8,14,16H,2,5,9-13,30H2,1H3;1-2,6-7,14-17H,3-5,8-13,29H2/t20?,22-;;/m0../s1. The number of likely N-dealkylation sites (tertiary alicyclic amines) is 2. The number of nitrogens with zero attached hydrogens (tertiary/aromatic N) is 12. The van der Waals surface area contributed by atoms with Gasteiger partial charge in [0.2, 0.25) is 0 Å². The van der Waals surface area contributed by atoms with Crippen LogP contribution in [0.15, 0.2) is 138 Å². The Morgan fingerprint density at radius 3 is 1.46 bits per heavy atom. The molecule has 3 aliphatic heterocycles. The number of benzene rings is 4. The van der Waals surface area contributed by atoms with Crippen LogP contribution in [0.2, 0.25) is 30.1 Å². The maximum absolute atomic E-state index is 13.3. The Morgan fingerprint density at radius 2 is 1.01 bits per heavy atom. The van der Waals surface area contributed by atoms with Crippen LogP contribution in [0, 0.1) is 40.9 Å². The number of hydrogen-bond donors (Lipinski definition) is 3. The number of carbonyl (C=O) groups is 5. The summed E-state index contributed by atoms with van der Waals surface area (Å²) in [6.07, 6.45) is 18.6. The third-order valence-corrected chi connectivity index (χ3v) is 24.1. The Labute approximate surface area is 661 Å². The molecule has 4 aliphatic carbocycles. The van der Waals surface area contributed by atoms with Crippen LogP contribution in [0.4, 0.5) is 4.79 Å². The average Bonchev–Trinajstić information content (AvgIpc) is 1.60. The number of Topliss-reactive ketones (excluding diaryl/α,β-unsaturated/α-hetero) is 3. The van der Waals surface area contributed by atoms with Gasteiger partial charge in [-0.3, -0.25) is 37.4 Å². The van der Waals surface area contributed by atoms with Gasteiger partial charge in [0.25, 0.3) is 0 Å². The molecule has 6 fully saturated rings. The number of aromatic nitrogens is 9. The molecule has 0 radical (unpaired) electrons. The zero-order chi connectivity index (χ0) is 76.4. The topological polar surface area (TPSA) is 282 Å². The van der Waals surface area contributed by atoms with E-state index in [2.05, 4.69) is 71.8 Å². The molecule has 10 aromatic rings. The Hall–Kier alpha value is -8.32. The van der Waals surface area contributed by atoms with Crippen LogP contribution < -0.4 is 17.2 Å². The fourth-order valence-corrected chi connectivity index (χ4v) is 19.5. The molecule has 6 aromatic heterocycles. The first-order chi connectivity index (χ1) is 52.6. The summed E-state index contributed by atoms with van der Waals surface area (Å²) in [5.41, 5.74) is 30.5. The first-order valence-electron chi connectivity index (χ1n) is 37.1. The zero-order valence-electron chi connectivity index (χ0n) is 60.7. The molecule has 1 amide bonds. The Bertz CT molecular complexity index is 5180. The van der Waals surface area contributed by atoms with Crippen LogP contribution >= 0.6 is 69.6 Å². The molecule has 109 heavy (non-hydrogen) atoms. The van der Waals surface area contributed by atoms with Crippen LogP contribution in [-0.4, -0.2) is 135 Å². The van der Waals surface area contributed by atoms with E-state index < -0.39 is 6.09 Å². The van der Waals surface area contributed by atoms with E-state index in [0.29, 0.717) is 120 Å². The minimum absolute atomic E-state index is 0.0120. The lowest BCUT2D eigenvalue weighted by molar-refractivity contribution is -0.127. The van der Waals surface area contributed by atoms with Gasteiger partial charge in [0, 0.05) is 146 Å². The summed E-state index contributed by atoms with van der Waals surface area (Å²) in [5.74, 6) is 4.98. The van der Waals surface area contributed by atoms with Crippen molar-refractivity contribution in [2.24, 2.45) is 63.1 Å². The van der Waals surface area contributed by atoms with Crippen LogP contribution in [0.5, 0.6) is 0 Å². The lowest BCUT2D eigenvalue weighted by Gasteiger charge is -2.56. The van der Waals surface area contributed by atoms with Crippen molar-refractivity contribution in [3.63, 3.8) is 0 Å². The van der Waals surface area contributed by atoms with Crippen molar-refractivity contribution in [3.05, 3.63) is 203 Å². The second-order valence-electron chi connectivity index (χ2n) is 30.2. The number of rotatable bonds is 21. The van der Waals surface area contributed by atoms with E-state index in [-0.39, 0.29) is 86.5 Å². The molecule has 2 saturated heterocycles. The van der Waals surface area contributed by atoms with Gasteiger partial charge >= 0.3 is 6.09 Å². The van der Waals surface area contributed by atoms with Gasteiger partial charge in [-0.1, -0.05) is 118 Å². The highest BCUT2D eigenvalue weighted by Crippen LogP contribution is 2.61. The minimum atomic E-state index is -0.486. The molecule has 6 N–H and O–H groups in total. The number of ether oxygens (including phenoxy) is 1. The summed E-state index contributed by atoms with van der Waals surface area (Å²) in [6.45, 7) is 5.44. The van der Waals surface area contributed by atoms with Crippen molar-refractivity contribution in [1.29, 1.82) is 0 Å². The van der Waals surface area contributed by atoms with Gasteiger partial charge in [0.15, 0.2) is 22.7 Å². The van der Waals surface area contributed by atoms with E-state index in [1.54, 1.807) is 41.7 Å². The Balaban J connectivity index is 0.000000137. The predicted molar refractivity (Wildman–Crippen MR) is 426 cm³/mol. The van der Waals surface area contributed by atoms with Crippen molar-refractivity contribution < 1.29 is 28.7 Å². The summed E-state index contributed by atoms with van der Waals surface area (Å²) in [4.78, 5) is 72.7. The molecule has 17 rings (SSSR count). The Morgan fingerprint density at radius 1 is 0.550 bits per heavy atom. The van der Waals surface area contributed by atoms with Gasteiger partial charge < -0.3 is 31.7 Å². The number of hydrogen-bond acceptors (Lipinski definition) is 17. The molecule has 4 saturated carbocycles. The average molecular weight is 1590 g/mol. The maximum atomic E-state index is 13.3. The molecule has 21 nitrogen and oxygen atoms in total. The first kappa shape index (κ1) is 77.4. The van der Waals surface area contributed by atoms with E-state index in [4.69, 9.17) is 91.5 Å². The van der Waals surface area contributed by atoms with Crippen LogP contribution in [0.25, 0.3) is 50.3 Å². The smallest absolute Gasteiger partial charge is 0.410 e. The monoisotopic (exact) mass is 1590 g/mol. The van der Waals surface area contributed by atoms with E-state index in [9.17, 15) is 24.0 Å². The summed E-state index contributed by atoms with van der Waals surface area (Å²) < 4.78 is 10.7. The summed E-state index contributed by atoms with van der Waals surface area (Å²) in [7, 11) is 2.17. The van der Waals surface area contributed by atoms with E-state index >= 15 is 0 Å². The number of amides is 1. The molecule has 4 aromatic carbocycles. The molecular weight excluding hydrogens is 1500 g/mol. The summed E-state index contributed by atoms with van der Waals surface area (Å²) >= 11 is 37.8. The summed E-state index contributed by atoms with van der Waals surface area (Å²) in [5, 5.41) is 29.1. The number of halogens is 6. The molecule has 3 atom stereocenters. The number of ketones is 4. The van der Waals surface area contributed by atoms with Crippen molar-refractivity contribution in [1.82, 2.24) is 53.6 Å². The zero-order valence-corrected chi connectivity index (χ0v) is 65.2. The molecule has 566 valence electrons. The molecule has 0 spiro atoms. The highest BCUT2D eigenvalue weighted by Gasteiger charge is 2.51. The lowest BCUT2D eigenvalue weighted by atomic mass is 9.48. The molecule has 4 bridgehead atoms. The fraction of sp³-hybridized carbons (Fsp3) is 0.390. The summed E-state index contributed by atoms with van der Waals surface area (Å²) in [6, 6.07) is 32.3. The van der Waals surface area contributed by atoms with Crippen molar-refractivity contribution in [2.45, 2.75) is 116 Å². The predicted octanol–water partition coefficient (Wildman–Crippen LogP) is 15.1. The van der Waals surface area contributed by atoms with Crippen LogP contribution in [0.3, 0.4) is 0 Å².